The first kappa shape index (κ1) is 23.2. The third-order valence-electron chi connectivity index (χ3n) is 6.63. The van der Waals surface area contributed by atoms with Crippen molar-refractivity contribution in [2.45, 2.75) is 32.3 Å². The third kappa shape index (κ3) is 4.09. The summed E-state index contributed by atoms with van der Waals surface area (Å²) in [6.07, 6.45) is 4.09. The molecule has 34 heavy (non-hydrogen) atoms. The zero-order chi connectivity index (χ0) is 23.8. The van der Waals surface area contributed by atoms with Gasteiger partial charge < -0.3 is 14.4 Å². The van der Waals surface area contributed by atoms with E-state index in [1.54, 1.807) is 31.4 Å². The van der Waals surface area contributed by atoms with Gasteiger partial charge in [-0.15, -0.1) is 0 Å². The molecule has 0 aliphatic carbocycles. The summed E-state index contributed by atoms with van der Waals surface area (Å²) in [5, 5.41) is 15.0. The molecule has 0 bridgehead atoms. The maximum absolute atomic E-state index is 14.0. The molecule has 3 heterocycles. The van der Waals surface area contributed by atoms with E-state index in [0.29, 0.717) is 28.6 Å². The molecule has 2 aromatic carbocycles. The minimum atomic E-state index is -0.000866. The van der Waals surface area contributed by atoms with Gasteiger partial charge in [0.25, 0.3) is 5.91 Å². The lowest BCUT2D eigenvalue weighted by Gasteiger charge is -2.39. The molecule has 5 rings (SSSR count). The molecule has 1 fully saturated rings. The summed E-state index contributed by atoms with van der Waals surface area (Å²) in [4.78, 5) is 14.0. The van der Waals surface area contributed by atoms with E-state index in [9.17, 15) is 9.90 Å². The molecule has 0 unspecified atom stereocenters. The van der Waals surface area contributed by atoms with Gasteiger partial charge in [-0.3, -0.25) is 9.80 Å². The number of aromatic nitrogens is 1. The Morgan fingerprint density at radius 3 is 2.41 bits per heavy atom. The van der Waals surface area contributed by atoms with E-state index < -0.39 is 0 Å². The van der Waals surface area contributed by atoms with Crippen molar-refractivity contribution in [2.75, 3.05) is 26.7 Å². The highest BCUT2D eigenvalue weighted by molar-refractivity contribution is 6.35. The standard InChI is InChI=1S/C26H27Cl2N3O3/c1-34-16-20-24-23(11-14-30(26(24)33)29-12-3-2-4-13-29)31(22-10-7-18(27)15-21(22)28)25(20)17-5-8-19(32)9-6-17/h5-10,15,32H,2-4,11-14,16H2,1H3. The summed E-state index contributed by atoms with van der Waals surface area (Å²) >= 11 is 12.9. The minimum absolute atomic E-state index is 0.000866. The van der Waals surface area contributed by atoms with Crippen LogP contribution in [0.2, 0.25) is 10.0 Å². The van der Waals surface area contributed by atoms with E-state index in [2.05, 4.69) is 9.58 Å². The minimum Gasteiger partial charge on any atom is -0.508 e. The number of phenols is 1. The molecular formula is C26H27Cl2N3O3. The van der Waals surface area contributed by atoms with Gasteiger partial charge in [-0.2, -0.15) is 0 Å². The molecule has 1 N–H and O–H groups in total. The number of benzene rings is 2. The lowest BCUT2D eigenvalue weighted by Crippen LogP contribution is -2.51. The second-order valence-electron chi connectivity index (χ2n) is 8.75. The second-order valence-corrected chi connectivity index (χ2v) is 9.60. The van der Waals surface area contributed by atoms with Crippen LogP contribution in [0, 0.1) is 0 Å². The van der Waals surface area contributed by atoms with Gasteiger partial charge in [0, 0.05) is 49.4 Å². The number of methoxy groups -OCH3 is 1. The summed E-state index contributed by atoms with van der Waals surface area (Å²) in [6, 6.07) is 12.4. The SMILES string of the molecule is COCc1c2c(n(-c3ccc(Cl)cc3Cl)c1-c1ccc(O)cc1)CCN(N1CCCCC1)C2=O. The highest BCUT2D eigenvalue weighted by Gasteiger charge is 2.37. The van der Waals surface area contributed by atoms with Crippen LogP contribution in [0.1, 0.15) is 40.9 Å². The first-order valence-corrected chi connectivity index (χ1v) is 12.3. The molecule has 0 radical (unpaired) electrons. The maximum atomic E-state index is 14.0. The van der Waals surface area contributed by atoms with Gasteiger partial charge in [0.15, 0.2) is 0 Å². The fourth-order valence-corrected chi connectivity index (χ4v) is 5.62. The van der Waals surface area contributed by atoms with Gasteiger partial charge in [-0.25, -0.2) is 5.01 Å². The van der Waals surface area contributed by atoms with Crippen molar-refractivity contribution in [3.63, 3.8) is 0 Å². The molecular weight excluding hydrogens is 473 g/mol. The van der Waals surface area contributed by atoms with Gasteiger partial charge in [-0.1, -0.05) is 29.6 Å². The number of halogens is 2. The van der Waals surface area contributed by atoms with Crippen LogP contribution in [0.15, 0.2) is 42.5 Å². The number of phenolic OH excluding ortho intramolecular Hbond substituents is 1. The van der Waals surface area contributed by atoms with Crippen LogP contribution in [0.25, 0.3) is 16.9 Å². The smallest absolute Gasteiger partial charge is 0.270 e. The Labute approximate surface area is 209 Å². The molecule has 8 heteroatoms. The summed E-state index contributed by atoms with van der Waals surface area (Å²) in [5.41, 5.74) is 4.87. The van der Waals surface area contributed by atoms with Crippen molar-refractivity contribution < 1.29 is 14.6 Å². The Morgan fingerprint density at radius 2 is 1.74 bits per heavy atom. The number of carbonyl (C=O) groups excluding carboxylic acids is 1. The quantitative estimate of drug-likeness (QED) is 0.488. The fraction of sp³-hybridized carbons (Fsp3) is 0.346. The molecule has 178 valence electrons. The number of hydrogen-bond acceptors (Lipinski definition) is 4. The summed E-state index contributed by atoms with van der Waals surface area (Å²) in [6.45, 7) is 2.68. The highest BCUT2D eigenvalue weighted by Crippen LogP contribution is 2.41. The zero-order valence-electron chi connectivity index (χ0n) is 19.1. The third-order valence-corrected chi connectivity index (χ3v) is 7.17. The van der Waals surface area contributed by atoms with Crippen molar-refractivity contribution in [3.8, 4) is 22.7 Å². The average Bonchev–Trinajstić information content (AvgIpc) is 3.15. The van der Waals surface area contributed by atoms with Gasteiger partial charge in [0.1, 0.15) is 5.75 Å². The number of piperidine rings is 1. The number of rotatable bonds is 5. The Hall–Kier alpha value is -2.51. The van der Waals surface area contributed by atoms with Crippen LogP contribution in [0.4, 0.5) is 0 Å². The Kier molecular flexibility index (Phi) is 6.58. The van der Waals surface area contributed by atoms with E-state index in [4.69, 9.17) is 27.9 Å². The topological polar surface area (TPSA) is 57.9 Å². The van der Waals surface area contributed by atoms with Crippen molar-refractivity contribution in [1.29, 1.82) is 0 Å². The second kappa shape index (κ2) is 9.62. The predicted molar refractivity (Wildman–Crippen MR) is 134 cm³/mol. The first-order valence-electron chi connectivity index (χ1n) is 11.6. The normalized spacial score (nSPS) is 16.7. The first-order chi connectivity index (χ1) is 16.5. The number of fused-ring (bicyclic) bond motifs is 1. The Balaban J connectivity index is 1.75. The molecule has 6 nitrogen and oxygen atoms in total. The van der Waals surface area contributed by atoms with Gasteiger partial charge in [-0.05, 0) is 60.9 Å². The largest absolute Gasteiger partial charge is 0.508 e. The van der Waals surface area contributed by atoms with Crippen LogP contribution >= 0.6 is 23.2 Å². The molecule has 2 aliphatic rings. The van der Waals surface area contributed by atoms with Crippen molar-refractivity contribution in [3.05, 3.63) is 69.3 Å². The van der Waals surface area contributed by atoms with Crippen LogP contribution in [0.3, 0.4) is 0 Å². The molecule has 0 atom stereocenters. The predicted octanol–water partition coefficient (Wildman–Crippen LogP) is 5.70. The van der Waals surface area contributed by atoms with Gasteiger partial charge in [0.2, 0.25) is 0 Å². The maximum Gasteiger partial charge on any atom is 0.270 e. The van der Waals surface area contributed by atoms with Crippen molar-refractivity contribution in [1.82, 2.24) is 14.6 Å². The lowest BCUT2D eigenvalue weighted by molar-refractivity contribution is -0.0239. The number of hydrazine groups is 1. The molecule has 3 aromatic rings. The molecule has 2 aliphatic heterocycles. The van der Waals surface area contributed by atoms with Gasteiger partial charge >= 0.3 is 0 Å². The number of nitrogens with zero attached hydrogens (tertiary/aromatic N) is 3. The van der Waals surface area contributed by atoms with E-state index in [-0.39, 0.29) is 18.3 Å². The van der Waals surface area contributed by atoms with Gasteiger partial charge in [0.05, 0.1) is 28.6 Å². The number of ether oxygens (including phenoxy) is 1. The monoisotopic (exact) mass is 499 g/mol. The average molecular weight is 500 g/mol. The van der Waals surface area contributed by atoms with Crippen molar-refractivity contribution >= 4 is 29.1 Å². The fourth-order valence-electron chi connectivity index (χ4n) is 5.13. The summed E-state index contributed by atoms with van der Waals surface area (Å²) in [5.74, 6) is 0.177. The summed E-state index contributed by atoms with van der Waals surface area (Å²) < 4.78 is 7.68. The lowest BCUT2D eigenvalue weighted by atomic mass is 10.0. The molecule has 0 saturated carbocycles. The molecule has 1 saturated heterocycles. The Bertz CT molecular complexity index is 1220. The van der Waals surface area contributed by atoms with Crippen LogP contribution < -0.4 is 0 Å². The number of hydrogen-bond donors (Lipinski definition) is 1. The number of carbonyl (C=O) groups is 1. The highest BCUT2D eigenvalue weighted by atomic mass is 35.5. The zero-order valence-corrected chi connectivity index (χ0v) is 20.6. The molecule has 0 spiro atoms. The summed E-state index contributed by atoms with van der Waals surface area (Å²) in [7, 11) is 1.63. The van der Waals surface area contributed by atoms with Crippen molar-refractivity contribution in [2.24, 2.45) is 0 Å². The van der Waals surface area contributed by atoms with E-state index in [1.807, 2.05) is 23.2 Å². The van der Waals surface area contributed by atoms with E-state index in [1.165, 1.54) is 6.42 Å². The van der Waals surface area contributed by atoms with Crippen LogP contribution in [-0.2, 0) is 17.8 Å². The number of amides is 1. The van der Waals surface area contributed by atoms with E-state index >= 15 is 0 Å². The molecule has 1 aromatic heterocycles. The van der Waals surface area contributed by atoms with Crippen LogP contribution in [0.5, 0.6) is 5.75 Å². The Morgan fingerprint density at radius 1 is 1.00 bits per heavy atom. The van der Waals surface area contributed by atoms with E-state index in [0.717, 1.165) is 54.1 Å². The number of aromatic hydroxyl groups is 1. The molecule has 1 amide bonds. The van der Waals surface area contributed by atoms with Crippen LogP contribution in [-0.4, -0.2) is 52.3 Å².